The highest BCUT2D eigenvalue weighted by atomic mass is 32.2. The van der Waals surface area contributed by atoms with Crippen LogP contribution in [0.2, 0.25) is 0 Å². The Balaban J connectivity index is 2.78. The number of rotatable bonds is 5. The largest absolute Gasteiger partial charge is 0.491 e. The van der Waals surface area contributed by atoms with Gasteiger partial charge >= 0.3 is 0 Å². The molecule has 0 aromatic heterocycles. The van der Waals surface area contributed by atoms with Crippen LogP contribution in [0.5, 0.6) is 5.75 Å². The first-order chi connectivity index (χ1) is 6.79. The van der Waals surface area contributed by atoms with E-state index in [0.717, 1.165) is 35.1 Å². The van der Waals surface area contributed by atoms with E-state index in [1.54, 1.807) is 11.8 Å². The molecule has 0 spiro atoms. The lowest BCUT2D eigenvalue weighted by Gasteiger charge is -2.10. The van der Waals surface area contributed by atoms with E-state index in [9.17, 15) is 0 Å². The van der Waals surface area contributed by atoms with Gasteiger partial charge in [0.25, 0.3) is 0 Å². The van der Waals surface area contributed by atoms with Gasteiger partial charge in [-0.1, -0.05) is 19.9 Å². The summed E-state index contributed by atoms with van der Waals surface area (Å²) in [4.78, 5) is 1.11. The highest BCUT2D eigenvalue weighted by molar-refractivity contribution is 7.99. The Morgan fingerprint density at radius 3 is 2.79 bits per heavy atom. The number of benzene rings is 1. The van der Waals surface area contributed by atoms with Gasteiger partial charge in [-0.15, -0.1) is 11.8 Å². The molecule has 0 fully saturated rings. The standard InChI is InChI=1S/C11H17NOS/c1-3-8-13-9-6-5-7-10(11(9)12)14-4-2/h5-7H,3-4,8,12H2,1-2H3. The van der Waals surface area contributed by atoms with Crippen molar-refractivity contribution >= 4 is 17.4 Å². The van der Waals surface area contributed by atoms with Crippen molar-refractivity contribution in [2.24, 2.45) is 0 Å². The lowest BCUT2D eigenvalue weighted by atomic mass is 10.3. The zero-order chi connectivity index (χ0) is 10.4. The number of hydrogen-bond acceptors (Lipinski definition) is 3. The van der Waals surface area contributed by atoms with Gasteiger partial charge in [0.1, 0.15) is 5.75 Å². The summed E-state index contributed by atoms with van der Waals surface area (Å²) >= 11 is 1.74. The monoisotopic (exact) mass is 211 g/mol. The van der Waals surface area contributed by atoms with Gasteiger partial charge in [-0.05, 0) is 24.3 Å². The molecule has 1 rings (SSSR count). The van der Waals surface area contributed by atoms with Crippen LogP contribution in [0.15, 0.2) is 23.1 Å². The molecule has 0 amide bonds. The van der Waals surface area contributed by atoms with E-state index in [2.05, 4.69) is 13.8 Å². The van der Waals surface area contributed by atoms with Crippen molar-refractivity contribution in [2.75, 3.05) is 18.1 Å². The Bertz CT molecular complexity index is 289. The van der Waals surface area contributed by atoms with Crippen molar-refractivity contribution in [3.63, 3.8) is 0 Å². The average molecular weight is 211 g/mol. The summed E-state index contributed by atoms with van der Waals surface area (Å²) < 4.78 is 5.53. The maximum Gasteiger partial charge on any atom is 0.143 e. The zero-order valence-electron chi connectivity index (χ0n) is 8.75. The van der Waals surface area contributed by atoms with Gasteiger partial charge in [0.15, 0.2) is 0 Å². The number of hydrogen-bond donors (Lipinski definition) is 1. The minimum atomic E-state index is 0.727. The first kappa shape index (κ1) is 11.2. The Kier molecular flexibility index (Phi) is 4.66. The highest BCUT2D eigenvalue weighted by Gasteiger charge is 2.04. The van der Waals surface area contributed by atoms with Gasteiger partial charge in [-0.3, -0.25) is 0 Å². The van der Waals surface area contributed by atoms with E-state index >= 15 is 0 Å². The molecule has 2 nitrogen and oxygen atoms in total. The van der Waals surface area contributed by atoms with Crippen molar-refractivity contribution in [1.29, 1.82) is 0 Å². The molecule has 2 N–H and O–H groups in total. The first-order valence-electron chi connectivity index (χ1n) is 4.93. The Hall–Kier alpha value is -0.830. The number of anilines is 1. The van der Waals surface area contributed by atoms with Gasteiger partial charge in [-0.2, -0.15) is 0 Å². The predicted molar refractivity (Wildman–Crippen MR) is 63.0 cm³/mol. The number of nitrogen functional groups attached to an aromatic ring is 1. The van der Waals surface area contributed by atoms with E-state index in [1.807, 2.05) is 18.2 Å². The Labute approximate surface area is 89.8 Å². The third-order valence-corrected chi connectivity index (χ3v) is 2.74. The van der Waals surface area contributed by atoms with Gasteiger partial charge in [0.2, 0.25) is 0 Å². The summed E-state index contributed by atoms with van der Waals surface area (Å²) in [5, 5.41) is 0. The molecule has 0 heterocycles. The number of ether oxygens (including phenoxy) is 1. The maximum absolute atomic E-state index is 5.96. The molecule has 3 heteroatoms. The van der Waals surface area contributed by atoms with Crippen molar-refractivity contribution in [1.82, 2.24) is 0 Å². The fourth-order valence-electron chi connectivity index (χ4n) is 1.14. The van der Waals surface area contributed by atoms with Crippen LogP contribution >= 0.6 is 11.8 Å². The summed E-state index contributed by atoms with van der Waals surface area (Å²) in [6.07, 6.45) is 1.00. The second kappa shape index (κ2) is 5.81. The fraction of sp³-hybridized carbons (Fsp3) is 0.455. The van der Waals surface area contributed by atoms with E-state index < -0.39 is 0 Å². The molecule has 0 bridgehead atoms. The lowest BCUT2D eigenvalue weighted by Crippen LogP contribution is -1.99. The van der Waals surface area contributed by atoms with Gasteiger partial charge in [-0.25, -0.2) is 0 Å². The Morgan fingerprint density at radius 1 is 1.36 bits per heavy atom. The van der Waals surface area contributed by atoms with Crippen molar-refractivity contribution in [3.05, 3.63) is 18.2 Å². The highest BCUT2D eigenvalue weighted by Crippen LogP contribution is 2.32. The van der Waals surface area contributed by atoms with Crippen LogP contribution in [0.3, 0.4) is 0 Å². The molecule has 0 saturated heterocycles. The minimum absolute atomic E-state index is 0.727. The zero-order valence-corrected chi connectivity index (χ0v) is 9.56. The molecular formula is C11H17NOS. The molecule has 0 aliphatic heterocycles. The molecule has 1 aromatic carbocycles. The quantitative estimate of drug-likeness (QED) is 0.600. The number of nitrogens with two attached hydrogens (primary N) is 1. The minimum Gasteiger partial charge on any atom is -0.491 e. The van der Waals surface area contributed by atoms with Crippen LogP contribution in [-0.2, 0) is 0 Å². The van der Waals surface area contributed by atoms with E-state index in [0.29, 0.717) is 0 Å². The average Bonchev–Trinajstić information content (AvgIpc) is 2.20. The summed E-state index contributed by atoms with van der Waals surface area (Å²) in [5.41, 5.74) is 6.74. The van der Waals surface area contributed by atoms with Crippen molar-refractivity contribution < 1.29 is 4.74 Å². The van der Waals surface area contributed by atoms with E-state index in [4.69, 9.17) is 10.5 Å². The molecule has 1 aromatic rings. The van der Waals surface area contributed by atoms with Gasteiger partial charge in [0, 0.05) is 4.90 Å². The van der Waals surface area contributed by atoms with Crippen molar-refractivity contribution in [3.8, 4) is 5.75 Å². The normalized spacial score (nSPS) is 10.1. The number of para-hydroxylation sites is 1. The van der Waals surface area contributed by atoms with E-state index in [1.165, 1.54) is 0 Å². The number of thioether (sulfide) groups is 1. The second-order valence-corrected chi connectivity index (χ2v) is 4.26. The van der Waals surface area contributed by atoms with Crippen LogP contribution in [0.1, 0.15) is 20.3 Å². The lowest BCUT2D eigenvalue weighted by molar-refractivity contribution is 0.318. The topological polar surface area (TPSA) is 35.2 Å². The van der Waals surface area contributed by atoms with Crippen LogP contribution in [-0.4, -0.2) is 12.4 Å². The summed E-state index contributed by atoms with van der Waals surface area (Å²) in [7, 11) is 0. The summed E-state index contributed by atoms with van der Waals surface area (Å²) in [6.45, 7) is 4.93. The van der Waals surface area contributed by atoms with Crippen molar-refractivity contribution in [2.45, 2.75) is 25.2 Å². The molecular weight excluding hydrogens is 194 g/mol. The Morgan fingerprint density at radius 2 is 2.14 bits per heavy atom. The smallest absolute Gasteiger partial charge is 0.143 e. The van der Waals surface area contributed by atoms with Gasteiger partial charge < -0.3 is 10.5 Å². The molecule has 78 valence electrons. The van der Waals surface area contributed by atoms with Crippen LogP contribution in [0.25, 0.3) is 0 Å². The second-order valence-electron chi connectivity index (χ2n) is 2.95. The van der Waals surface area contributed by atoms with Gasteiger partial charge in [0.05, 0.1) is 12.3 Å². The first-order valence-corrected chi connectivity index (χ1v) is 5.92. The molecule has 0 saturated carbocycles. The van der Waals surface area contributed by atoms with E-state index in [-0.39, 0.29) is 0 Å². The van der Waals surface area contributed by atoms with Crippen LogP contribution < -0.4 is 10.5 Å². The molecule has 0 unspecified atom stereocenters. The molecule has 0 atom stereocenters. The summed E-state index contributed by atoms with van der Waals surface area (Å²) in [6, 6.07) is 5.94. The third kappa shape index (κ3) is 2.84. The molecule has 0 aliphatic carbocycles. The molecule has 0 aliphatic rings. The SMILES string of the molecule is CCCOc1cccc(SCC)c1N. The predicted octanol–water partition coefficient (Wildman–Crippen LogP) is 3.17. The molecule has 14 heavy (non-hydrogen) atoms. The molecule has 0 radical (unpaired) electrons. The fourth-order valence-corrected chi connectivity index (χ4v) is 1.89. The third-order valence-electron chi connectivity index (χ3n) is 1.79. The maximum atomic E-state index is 5.96. The van der Waals surface area contributed by atoms with Crippen LogP contribution in [0.4, 0.5) is 5.69 Å². The van der Waals surface area contributed by atoms with Crippen LogP contribution in [0, 0.1) is 0 Å². The summed E-state index contributed by atoms with van der Waals surface area (Å²) in [5.74, 6) is 1.84.